The van der Waals surface area contributed by atoms with E-state index in [1.165, 1.54) is 23.2 Å². The summed E-state index contributed by atoms with van der Waals surface area (Å²) in [5.74, 6) is -0.560. The highest BCUT2D eigenvalue weighted by atomic mass is 35.5. The number of halogens is 5. The molecule has 15 heteroatoms. The van der Waals surface area contributed by atoms with Crippen LogP contribution >= 0.6 is 23.2 Å². The van der Waals surface area contributed by atoms with E-state index >= 15 is 0 Å². The average molecular weight is 660 g/mol. The number of anilines is 1. The zero-order valence-corrected chi connectivity index (χ0v) is 25.4. The number of carbonyl (C=O) groups excluding carboxylic acids is 1. The lowest BCUT2D eigenvalue weighted by Crippen LogP contribution is -2.50. The van der Waals surface area contributed by atoms with Gasteiger partial charge in [0, 0.05) is 41.8 Å². The van der Waals surface area contributed by atoms with Crippen molar-refractivity contribution >= 4 is 45.0 Å². The fraction of sp³-hybridized carbons (Fsp3) is 0.429. The molecule has 1 aliphatic carbocycles. The lowest BCUT2D eigenvalue weighted by atomic mass is 10.0. The molecular weight excluding hydrogens is 628 g/mol. The molecule has 1 aromatic heterocycles. The Morgan fingerprint density at radius 3 is 2.33 bits per heavy atom. The first-order chi connectivity index (χ1) is 20.4. The van der Waals surface area contributed by atoms with Gasteiger partial charge in [-0.15, -0.1) is 0 Å². The zero-order chi connectivity index (χ0) is 30.8. The summed E-state index contributed by atoms with van der Waals surface area (Å²) in [7, 11) is -3.97. The number of hydrazine groups is 1. The number of piperidine rings is 1. The number of amides is 1. The quantitative estimate of drug-likeness (QED) is 0.249. The standard InChI is InChI=1S/C28H31Cl2F3N6O3S/c29-20-12-13-24(23(30)16-20)39(38-14-4-1-5-15-38)27(40)26-22(17-34-43(41,42)37-21-6-2-3-7-21)25(35-36-26)18-8-10-19(11-9-18)28(31,32)33/h8-13,16,21,34,37H,1-7,14-15,17H2,(H,35,36). The topological polar surface area (TPSA) is 110 Å². The van der Waals surface area contributed by atoms with Crippen molar-refractivity contribution < 1.29 is 26.4 Å². The molecule has 9 nitrogen and oxygen atoms in total. The minimum atomic E-state index is -4.54. The minimum absolute atomic E-state index is 0.0324. The highest BCUT2D eigenvalue weighted by Gasteiger charge is 2.33. The maximum absolute atomic E-state index is 14.3. The first-order valence-corrected chi connectivity index (χ1v) is 16.2. The van der Waals surface area contributed by atoms with Crippen molar-refractivity contribution in [2.45, 2.75) is 63.7 Å². The van der Waals surface area contributed by atoms with Gasteiger partial charge in [0.2, 0.25) is 0 Å². The molecule has 3 N–H and O–H groups in total. The highest BCUT2D eigenvalue weighted by Crippen LogP contribution is 2.35. The smallest absolute Gasteiger partial charge is 0.272 e. The van der Waals surface area contributed by atoms with Crippen LogP contribution in [0.5, 0.6) is 0 Å². The fourth-order valence-corrected chi connectivity index (χ4v) is 7.05. The number of benzene rings is 2. The van der Waals surface area contributed by atoms with Gasteiger partial charge in [-0.2, -0.15) is 36.1 Å². The summed E-state index contributed by atoms with van der Waals surface area (Å²) in [5, 5.41) is 10.9. The molecule has 5 rings (SSSR count). The van der Waals surface area contributed by atoms with E-state index in [0.717, 1.165) is 57.1 Å². The van der Waals surface area contributed by atoms with Gasteiger partial charge in [-0.1, -0.05) is 54.6 Å². The van der Waals surface area contributed by atoms with Crippen molar-refractivity contribution in [3.05, 3.63) is 69.3 Å². The molecule has 3 aromatic rings. The number of rotatable bonds is 9. The second-order valence-corrected chi connectivity index (χ2v) is 13.0. The van der Waals surface area contributed by atoms with Crippen LogP contribution in [0.2, 0.25) is 10.0 Å². The fourth-order valence-electron chi connectivity index (χ4n) is 5.47. The van der Waals surface area contributed by atoms with Crippen molar-refractivity contribution in [2.24, 2.45) is 0 Å². The Morgan fingerprint density at radius 1 is 1.02 bits per heavy atom. The highest BCUT2D eigenvalue weighted by molar-refractivity contribution is 7.87. The molecule has 0 atom stereocenters. The van der Waals surface area contributed by atoms with E-state index in [4.69, 9.17) is 23.2 Å². The predicted molar refractivity (Wildman–Crippen MR) is 159 cm³/mol. The maximum Gasteiger partial charge on any atom is 0.416 e. The lowest BCUT2D eigenvalue weighted by Gasteiger charge is -2.37. The van der Waals surface area contributed by atoms with Crippen LogP contribution in [-0.2, 0) is 22.9 Å². The molecule has 43 heavy (non-hydrogen) atoms. The van der Waals surface area contributed by atoms with E-state index < -0.39 is 27.9 Å². The molecular formula is C28H31Cl2F3N6O3S. The predicted octanol–water partition coefficient (Wildman–Crippen LogP) is 6.32. The normalized spacial score (nSPS) is 17.0. The minimum Gasteiger partial charge on any atom is -0.272 e. The van der Waals surface area contributed by atoms with Gasteiger partial charge in [0.25, 0.3) is 16.1 Å². The second-order valence-electron chi connectivity index (χ2n) is 10.7. The molecule has 0 spiro atoms. The number of nitrogens with zero attached hydrogens (tertiary/aromatic N) is 3. The zero-order valence-electron chi connectivity index (χ0n) is 23.1. The SMILES string of the molecule is O=C(c1[nH]nc(-c2ccc(C(F)(F)F)cc2)c1CNS(=O)(=O)NC1CCCC1)N(c1ccc(Cl)cc1Cl)N1CCCCC1. The van der Waals surface area contributed by atoms with Crippen molar-refractivity contribution in [1.29, 1.82) is 0 Å². The van der Waals surface area contributed by atoms with E-state index in [1.807, 2.05) is 5.01 Å². The Hall–Kier alpha value is -2.68. The molecule has 2 heterocycles. The van der Waals surface area contributed by atoms with E-state index in [2.05, 4.69) is 19.6 Å². The maximum atomic E-state index is 14.3. The summed E-state index contributed by atoms with van der Waals surface area (Å²) in [6.45, 7) is 0.786. The average Bonchev–Trinajstić information content (AvgIpc) is 3.63. The molecule has 1 amide bonds. The van der Waals surface area contributed by atoms with Gasteiger partial charge in [-0.25, -0.2) is 10.0 Å². The molecule has 2 aliphatic rings. The number of aromatic amines is 1. The van der Waals surface area contributed by atoms with E-state index in [1.54, 1.807) is 12.1 Å². The third-order valence-electron chi connectivity index (χ3n) is 7.63. The van der Waals surface area contributed by atoms with E-state index in [0.29, 0.717) is 23.8 Å². The van der Waals surface area contributed by atoms with E-state index in [-0.39, 0.29) is 40.1 Å². The summed E-state index contributed by atoms with van der Waals surface area (Å²) in [4.78, 5) is 14.3. The Balaban J connectivity index is 1.54. The number of carbonyl (C=O) groups is 1. The first-order valence-electron chi connectivity index (χ1n) is 14.0. The molecule has 232 valence electrons. The lowest BCUT2D eigenvalue weighted by molar-refractivity contribution is -0.137. The first kappa shape index (κ1) is 31.7. The molecule has 2 aromatic carbocycles. The van der Waals surface area contributed by atoms with Crippen LogP contribution in [0.25, 0.3) is 11.3 Å². The van der Waals surface area contributed by atoms with E-state index in [9.17, 15) is 26.4 Å². The third-order valence-corrected chi connectivity index (χ3v) is 9.33. The number of aromatic nitrogens is 2. The van der Waals surface area contributed by atoms with Crippen LogP contribution in [-0.4, -0.2) is 48.7 Å². The largest absolute Gasteiger partial charge is 0.416 e. The summed E-state index contributed by atoms with van der Waals surface area (Å²) in [6.07, 6.45) is 1.43. The Bertz CT molecular complexity index is 1550. The van der Waals surface area contributed by atoms with Crippen molar-refractivity contribution in [1.82, 2.24) is 24.7 Å². The van der Waals surface area contributed by atoms with Crippen molar-refractivity contribution in [2.75, 3.05) is 18.1 Å². The summed E-state index contributed by atoms with van der Waals surface area (Å²) in [6, 6.07) is 8.85. The number of hydrogen-bond donors (Lipinski definition) is 3. The molecule has 1 saturated heterocycles. The summed E-state index contributed by atoms with van der Waals surface area (Å²) in [5.41, 5.74) is 0.0817. The van der Waals surface area contributed by atoms with Crippen molar-refractivity contribution in [3.8, 4) is 11.3 Å². The van der Waals surface area contributed by atoms with Gasteiger partial charge in [-0.05, 0) is 56.0 Å². The summed E-state index contributed by atoms with van der Waals surface area (Å²) < 4.78 is 70.7. The van der Waals surface area contributed by atoms with Crippen molar-refractivity contribution in [3.63, 3.8) is 0 Å². The number of H-pyrrole nitrogens is 1. The van der Waals surface area contributed by atoms with Crippen LogP contribution in [0, 0.1) is 0 Å². The van der Waals surface area contributed by atoms with Gasteiger partial charge < -0.3 is 0 Å². The molecule has 0 bridgehead atoms. The molecule has 1 aliphatic heterocycles. The molecule has 0 unspecified atom stereocenters. The number of alkyl halides is 3. The number of hydrogen-bond acceptors (Lipinski definition) is 5. The van der Waals surface area contributed by atoms with Crippen LogP contribution in [0.4, 0.5) is 18.9 Å². The second kappa shape index (κ2) is 13.1. The Morgan fingerprint density at radius 2 is 1.70 bits per heavy atom. The molecule has 0 radical (unpaired) electrons. The van der Waals surface area contributed by atoms with Crippen LogP contribution < -0.4 is 14.5 Å². The Labute approximate surface area is 257 Å². The van der Waals surface area contributed by atoms with Gasteiger partial charge in [0.15, 0.2) is 0 Å². The van der Waals surface area contributed by atoms with Crippen LogP contribution in [0.15, 0.2) is 42.5 Å². The van der Waals surface area contributed by atoms with Gasteiger partial charge in [0.1, 0.15) is 5.69 Å². The van der Waals surface area contributed by atoms with Gasteiger partial charge in [0.05, 0.1) is 22.0 Å². The monoisotopic (exact) mass is 658 g/mol. The van der Waals surface area contributed by atoms with Crippen LogP contribution in [0.1, 0.15) is 66.6 Å². The van der Waals surface area contributed by atoms with Gasteiger partial charge >= 0.3 is 6.18 Å². The molecule has 1 saturated carbocycles. The van der Waals surface area contributed by atoms with Gasteiger partial charge in [-0.3, -0.25) is 9.89 Å². The summed E-state index contributed by atoms with van der Waals surface area (Å²) >= 11 is 12.7. The third kappa shape index (κ3) is 7.52. The Kier molecular flexibility index (Phi) is 9.69. The number of nitrogens with one attached hydrogen (secondary N) is 3. The molecule has 2 fully saturated rings. The van der Waals surface area contributed by atoms with Crippen LogP contribution in [0.3, 0.4) is 0 Å².